The lowest BCUT2D eigenvalue weighted by Crippen LogP contribution is -1.95. The third-order valence-corrected chi connectivity index (χ3v) is 3.55. The van der Waals surface area contributed by atoms with Gasteiger partial charge in [0, 0.05) is 16.3 Å². The Morgan fingerprint density at radius 1 is 1.21 bits per heavy atom. The predicted molar refractivity (Wildman–Crippen MR) is 73.8 cm³/mol. The van der Waals surface area contributed by atoms with Crippen LogP contribution in [0.15, 0.2) is 47.4 Å². The molecule has 2 aromatic rings. The Bertz CT molecular complexity index is 579. The first-order chi connectivity index (χ1) is 9.04. The molecule has 0 aliphatic carbocycles. The Morgan fingerprint density at radius 3 is 2.47 bits per heavy atom. The number of aromatic carboxylic acids is 1. The second-order valence-electron chi connectivity index (χ2n) is 4.01. The molecule has 2 rings (SSSR count). The maximum atomic E-state index is 13.1. The molecule has 5 heteroatoms. The summed E-state index contributed by atoms with van der Waals surface area (Å²) in [6, 6.07) is 11.0. The summed E-state index contributed by atoms with van der Waals surface area (Å²) in [6.07, 6.45) is 0. The first-order valence-corrected chi connectivity index (χ1v) is 6.54. The van der Waals surface area contributed by atoms with Crippen LogP contribution in [0.1, 0.15) is 15.9 Å². The van der Waals surface area contributed by atoms with Gasteiger partial charge in [-0.3, -0.25) is 0 Å². The van der Waals surface area contributed by atoms with E-state index in [1.165, 1.54) is 23.9 Å². The van der Waals surface area contributed by atoms with E-state index in [1.807, 2.05) is 0 Å². The van der Waals surface area contributed by atoms with E-state index in [4.69, 9.17) is 10.8 Å². The van der Waals surface area contributed by atoms with Crippen molar-refractivity contribution >= 4 is 23.4 Å². The van der Waals surface area contributed by atoms with E-state index in [-0.39, 0.29) is 11.4 Å². The second kappa shape index (κ2) is 5.75. The largest absolute Gasteiger partial charge is 0.478 e. The molecule has 0 aliphatic heterocycles. The molecule has 0 bridgehead atoms. The lowest BCUT2D eigenvalue weighted by atomic mass is 10.1. The van der Waals surface area contributed by atoms with Crippen molar-refractivity contribution in [2.24, 2.45) is 0 Å². The predicted octanol–water partition coefficient (Wildman–Crippen LogP) is 3.40. The van der Waals surface area contributed by atoms with Gasteiger partial charge in [0.1, 0.15) is 5.82 Å². The van der Waals surface area contributed by atoms with E-state index < -0.39 is 5.97 Å². The van der Waals surface area contributed by atoms with Gasteiger partial charge >= 0.3 is 5.97 Å². The van der Waals surface area contributed by atoms with E-state index in [1.54, 1.807) is 30.3 Å². The molecule has 0 spiro atoms. The molecule has 0 heterocycles. The Hall–Kier alpha value is -2.01. The van der Waals surface area contributed by atoms with Gasteiger partial charge in [0.2, 0.25) is 0 Å². The first-order valence-electron chi connectivity index (χ1n) is 5.56. The van der Waals surface area contributed by atoms with Crippen molar-refractivity contribution in [2.45, 2.75) is 10.6 Å². The van der Waals surface area contributed by atoms with Gasteiger partial charge in [-0.25, -0.2) is 9.18 Å². The highest BCUT2D eigenvalue weighted by molar-refractivity contribution is 7.98. The maximum absolute atomic E-state index is 13.1. The Kier molecular flexibility index (Phi) is 4.06. The molecular weight excluding hydrogens is 265 g/mol. The molecular formula is C14H12FNO2S. The van der Waals surface area contributed by atoms with Gasteiger partial charge in [-0.05, 0) is 35.9 Å². The van der Waals surface area contributed by atoms with Gasteiger partial charge in [0.15, 0.2) is 0 Å². The fraction of sp³-hybridized carbons (Fsp3) is 0.0714. The summed E-state index contributed by atoms with van der Waals surface area (Å²) in [4.78, 5) is 11.5. The van der Waals surface area contributed by atoms with Crippen LogP contribution in [0.2, 0.25) is 0 Å². The number of nitrogen functional groups attached to an aromatic ring is 1. The summed E-state index contributed by atoms with van der Waals surface area (Å²) in [5.74, 6) is -0.677. The summed E-state index contributed by atoms with van der Waals surface area (Å²) in [5, 5.41) is 8.78. The third kappa shape index (κ3) is 3.72. The average molecular weight is 277 g/mol. The maximum Gasteiger partial charge on any atom is 0.335 e. The zero-order valence-electron chi connectivity index (χ0n) is 9.97. The summed E-state index contributed by atoms with van der Waals surface area (Å²) in [5.41, 5.74) is 7.18. The number of nitrogens with two attached hydrogens (primary N) is 1. The number of carboxylic acid groups (broad SMARTS) is 1. The highest BCUT2D eigenvalue weighted by atomic mass is 32.2. The number of halogens is 1. The van der Waals surface area contributed by atoms with Gasteiger partial charge in [-0.1, -0.05) is 12.1 Å². The van der Waals surface area contributed by atoms with E-state index in [2.05, 4.69) is 0 Å². The van der Waals surface area contributed by atoms with Crippen LogP contribution in [-0.4, -0.2) is 11.1 Å². The van der Waals surface area contributed by atoms with Crippen LogP contribution in [0, 0.1) is 5.82 Å². The van der Waals surface area contributed by atoms with Crippen molar-refractivity contribution in [2.75, 3.05) is 5.73 Å². The summed E-state index contributed by atoms with van der Waals surface area (Å²) in [6.45, 7) is 0. The molecule has 0 saturated heterocycles. The molecule has 2 aromatic carbocycles. The van der Waals surface area contributed by atoms with Crippen LogP contribution in [0.3, 0.4) is 0 Å². The molecule has 0 fully saturated rings. The van der Waals surface area contributed by atoms with Crippen molar-refractivity contribution in [3.63, 3.8) is 0 Å². The number of anilines is 1. The quantitative estimate of drug-likeness (QED) is 0.664. The topological polar surface area (TPSA) is 63.3 Å². The second-order valence-corrected chi connectivity index (χ2v) is 5.06. The van der Waals surface area contributed by atoms with Gasteiger partial charge in [0.05, 0.1) is 5.56 Å². The highest BCUT2D eigenvalue weighted by Crippen LogP contribution is 2.25. The lowest BCUT2D eigenvalue weighted by Gasteiger charge is -2.04. The van der Waals surface area contributed by atoms with Gasteiger partial charge in [-0.2, -0.15) is 0 Å². The van der Waals surface area contributed by atoms with E-state index in [9.17, 15) is 9.18 Å². The number of carboxylic acids is 1. The van der Waals surface area contributed by atoms with Gasteiger partial charge in [0.25, 0.3) is 0 Å². The average Bonchev–Trinajstić information content (AvgIpc) is 2.36. The number of thioether (sulfide) groups is 1. The molecule has 0 unspecified atom stereocenters. The third-order valence-electron chi connectivity index (χ3n) is 2.50. The molecule has 0 atom stereocenters. The van der Waals surface area contributed by atoms with Crippen LogP contribution < -0.4 is 5.73 Å². The normalized spacial score (nSPS) is 10.4. The molecule has 0 aromatic heterocycles. The minimum Gasteiger partial charge on any atom is -0.478 e. The van der Waals surface area contributed by atoms with E-state index in [0.29, 0.717) is 11.4 Å². The van der Waals surface area contributed by atoms with Crippen LogP contribution in [0.5, 0.6) is 0 Å². The van der Waals surface area contributed by atoms with Crippen LogP contribution in [0.25, 0.3) is 0 Å². The zero-order valence-corrected chi connectivity index (χ0v) is 10.8. The minimum atomic E-state index is -0.947. The van der Waals surface area contributed by atoms with Crippen molar-refractivity contribution in [1.82, 2.24) is 0 Å². The van der Waals surface area contributed by atoms with Crippen molar-refractivity contribution in [3.05, 3.63) is 59.4 Å². The molecule has 3 nitrogen and oxygen atoms in total. The minimum absolute atomic E-state index is 0.253. The fourth-order valence-electron chi connectivity index (χ4n) is 1.58. The number of hydrogen-bond donors (Lipinski definition) is 2. The monoisotopic (exact) mass is 277 g/mol. The van der Waals surface area contributed by atoms with Crippen LogP contribution >= 0.6 is 11.8 Å². The van der Waals surface area contributed by atoms with Gasteiger partial charge < -0.3 is 10.8 Å². The van der Waals surface area contributed by atoms with E-state index in [0.717, 1.165) is 10.5 Å². The number of rotatable bonds is 4. The number of carbonyl (C=O) groups is 1. The van der Waals surface area contributed by atoms with Crippen molar-refractivity contribution in [3.8, 4) is 0 Å². The summed E-state index contributed by atoms with van der Waals surface area (Å²) < 4.78 is 13.1. The zero-order chi connectivity index (χ0) is 13.8. The Balaban J connectivity index is 2.03. The summed E-state index contributed by atoms with van der Waals surface area (Å²) >= 11 is 1.45. The molecule has 0 radical (unpaired) electrons. The SMILES string of the molecule is Nc1cc(F)cc(SCc2ccc(C(=O)O)cc2)c1. The smallest absolute Gasteiger partial charge is 0.335 e. The molecule has 0 amide bonds. The molecule has 0 aliphatic rings. The highest BCUT2D eigenvalue weighted by Gasteiger charge is 2.03. The molecule has 3 N–H and O–H groups in total. The molecule has 0 saturated carbocycles. The Morgan fingerprint density at radius 2 is 1.89 bits per heavy atom. The van der Waals surface area contributed by atoms with E-state index >= 15 is 0 Å². The first kappa shape index (κ1) is 13.4. The molecule has 98 valence electrons. The van der Waals surface area contributed by atoms with Crippen molar-refractivity contribution in [1.29, 1.82) is 0 Å². The van der Waals surface area contributed by atoms with Crippen LogP contribution in [-0.2, 0) is 5.75 Å². The number of benzene rings is 2. The van der Waals surface area contributed by atoms with Crippen molar-refractivity contribution < 1.29 is 14.3 Å². The lowest BCUT2D eigenvalue weighted by molar-refractivity contribution is 0.0697. The van der Waals surface area contributed by atoms with Crippen LogP contribution in [0.4, 0.5) is 10.1 Å². The fourth-order valence-corrected chi connectivity index (χ4v) is 2.52. The number of hydrogen-bond acceptors (Lipinski definition) is 3. The Labute approximate surface area is 114 Å². The summed E-state index contributed by atoms with van der Waals surface area (Å²) in [7, 11) is 0. The standard InChI is InChI=1S/C14H12FNO2S/c15-11-5-12(16)7-13(6-11)19-8-9-1-3-10(4-2-9)14(17)18/h1-7H,8,16H2,(H,17,18). The molecule has 19 heavy (non-hydrogen) atoms. The van der Waals surface area contributed by atoms with Gasteiger partial charge in [-0.15, -0.1) is 11.8 Å².